The number of nitrogens with one attached hydrogen (secondary N) is 1. The van der Waals surface area contributed by atoms with E-state index in [0.29, 0.717) is 25.0 Å². The molecule has 5 nitrogen and oxygen atoms in total. The third-order valence-electron chi connectivity index (χ3n) is 5.48. The van der Waals surface area contributed by atoms with E-state index in [1.54, 1.807) is 0 Å². The number of nitrogens with zero attached hydrogens (tertiary/aromatic N) is 2. The molecule has 3 fully saturated rings. The van der Waals surface area contributed by atoms with Gasteiger partial charge in [0.05, 0.1) is 5.92 Å². The van der Waals surface area contributed by atoms with Crippen LogP contribution in [0.3, 0.4) is 0 Å². The van der Waals surface area contributed by atoms with Crippen LogP contribution in [0.2, 0.25) is 0 Å². The van der Waals surface area contributed by atoms with Crippen molar-refractivity contribution in [2.24, 2.45) is 5.92 Å². The largest absolute Gasteiger partial charge is 0.342 e. The molecule has 2 heterocycles. The van der Waals surface area contributed by atoms with Gasteiger partial charge < -0.3 is 15.1 Å². The molecule has 2 aliphatic heterocycles. The maximum Gasteiger partial charge on any atom is 0.227 e. The third-order valence-corrected chi connectivity index (χ3v) is 5.48. The molecule has 0 aromatic heterocycles. The summed E-state index contributed by atoms with van der Waals surface area (Å²) in [5.41, 5.74) is 0. The predicted octanol–water partition coefficient (Wildman–Crippen LogP) is 1.41. The molecule has 0 aromatic rings. The van der Waals surface area contributed by atoms with Crippen molar-refractivity contribution in [2.75, 3.05) is 26.7 Å². The van der Waals surface area contributed by atoms with Crippen molar-refractivity contribution in [1.82, 2.24) is 15.1 Å². The van der Waals surface area contributed by atoms with Crippen LogP contribution in [-0.2, 0) is 9.59 Å². The Morgan fingerprint density at radius 2 is 1.82 bits per heavy atom. The molecule has 1 aliphatic carbocycles. The van der Waals surface area contributed by atoms with Crippen LogP contribution in [0.1, 0.15) is 44.9 Å². The van der Waals surface area contributed by atoms with E-state index in [4.69, 9.17) is 0 Å². The minimum atomic E-state index is -0.113. The van der Waals surface area contributed by atoms with Crippen LogP contribution in [0, 0.1) is 5.92 Å². The van der Waals surface area contributed by atoms with Crippen LogP contribution in [0.5, 0.6) is 0 Å². The van der Waals surface area contributed by atoms with E-state index in [-0.39, 0.29) is 30.1 Å². The van der Waals surface area contributed by atoms with Crippen molar-refractivity contribution in [2.45, 2.75) is 57.0 Å². The SMILES string of the molecule is CN(C(=O)C1CC(=O)N(C2CCCC2)C1)C1CCNCC1.Cl. The molecule has 0 aromatic carbocycles. The van der Waals surface area contributed by atoms with Crippen LogP contribution in [0.25, 0.3) is 0 Å². The van der Waals surface area contributed by atoms with Crippen LogP contribution >= 0.6 is 12.4 Å². The van der Waals surface area contributed by atoms with Crippen LogP contribution in [0.4, 0.5) is 0 Å². The lowest BCUT2D eigenvalue weighted by molar-refractivity contribution is -0.137. The first-order valence-electron chi connectivity index (χ1n) is 8.43. The number of piperidine rings is 1. The van der Waals surface area contributed by atoms with Gasteiger partial charge in [-0.2, -0.15) is 0 Å². The number of amides is 2. The van der Waals surface area contributed by atoms with Crippen molar-refractivity contribution in [3.8, 4) is 0 Å². The zero-order valence-corrected chi connectivity index (χ0v) is 14.2. The molecule has 1 saturated carbocycles. The van der Waals surface area contributed by atoms with Crippen molar-refractivity contribution in [3.05, 3.63) is 0 Å². The second kappa shape index (κ2) is 7.64. The summed E-state index contributed by atoms with van der Waals surface area (Å²) in [6.07, 6.45) is 7.16. The fraction of sp³-hybridized carbons (Fsp3) is 0.875. The Morgan fingerprint density at radius 1 is 1.18 bits per heavy atom. The normalized spacial score (nSPS) is 27.0. The summed E-state index contributed by atoms with van der Waals surface area (Å²) < 4.78 is 0. The van der Waals surface area contributed by atoms with E-state index in [1.807, 2.05) is 16.8 Å². The maximum absolute atomic E-state index is 12.7. The lowest BCUT2D eigenvalue weighted by atomic mass is 10.0. The first-order chi connectivity index (χ1) is 10.2. The minimum absolute atomic E-state index is 0. The number of likely N-dealkylation sites (tertiary alicyclic amines) is 1. The molecule has 0 radical (unpaired) electrons. The highest BCUT2D eigenvalue weighted by Gasteiger charge is 2.40. The Morgan fingerprint density at radius 3 is 2.45 bits per heavy atom. The Hall–Kier alpha value is -0.810. The smallest absolute Gasteiger partial charge is 0.227 e. The maximum atomic E-state index is 12.7. The highest BCUT2D eigenvalue weighted by molar-refractivity contribution is 5.89. The van der Waals surface area contributed by atoms with Gasteiger partial charge in [-0.3, -0.25) is 9.59 Å². The molecule has 126 valence electrons. The predicted molar refractivity (Wildman–Crippen MR) is 88.0 cm³/mol. The number of hydrogen-bond donors (Lipinski definition) is 1. The van der Waals surface area contributed by atoms with Gasteiger partial charge in [0.1, 0.15) is 0 Å². The highest BCUT2D eigenvalue weighted by Crippen LogP contribution is 2.30. The van der Waals surface area contributed by atoms with Crippen molar-refractivity contribution >= 4 is 24.2 Å². The Bertz CT molecular complexity index is 406. The molecule has 0 bridgehead atoms. The average molecular weight is 330 g/mol. The summed E-state index contributed by atoms with van der Waals surface area (Å²) in [4.78, 5) is 28.8. The molecule has 2 saturated heterocycles. The lowest BCUT2D eigenvalue weighted by Gasteiger charge is -2.33. The van der Waals surface area contributed by atoms with Gasteiger partial charge in [0.15, 0.2) is 0 Å². The van der Waals surface area contributed by atoms with Gasteiger partial charge >= 0.3 is 0 Å². The quantitative estimate of drug-likeness (QED) is 0.851. The molecule has 2 amide bonds. The molecule has 22 heavy (non-hydrogen) atoms. The summed E-state index contributed by atoms with van der Waals surface area (Å²) >= 11 is 0. The summed E-state index contributed by atoms with van der Waals surface area (Å²) in [5, 5.41) is 3.33. The van der Waals surface area contributed by atoms with Gasteiger partial charge in [-0.05, 0) is 38.8 Å². The lowest BCUT2D eigenvalue weighted by Crippen LogP contribution is -2.46. The van der Waals surface area contributed by atoms with Crippen LogP contribution in [0.15, 0.2) is 0 Å². The first kappa shape index (κ1) is 17.5. The summed E-state index contributed by atoms with van der Waals surface area (Å²) in [6.45, 7) is 2.62. The third kappa shape index (κ3) is 3.57. The van der Waals surface area contributed by atoms with Crippen molar-refractivity contribution in [1.29, 1.82) is 0 Å². The van der Waals surface area contributed by atoms with Crippen LogP contribution in [-0.4, -0.2) is 60.4 Å². The molecular weight excluding hydrogens is 302 g/mol. The fourth-order valence-corrected chi connectivity index (χ4v) is 4.13. The monoisotopic (exact) mass is 329 g/mol. The van der Waals surface area contributed by atoms with E-state index in [9.17, 15) is 9.59 Å². The van der Waals surface area contributed by atoms with Gasteiger partial charge in [0.25, 0.3) is 0 Å². The summed E-state index contributed by atoms with van der Waals surface area (Å²) in [5.74, 6) is 0.257. The van der Waals surface area contributed by atoms with Gasteiger partial charge in [0, 0.05) is 32.1 Å². The minimum Gasteiger partial charge on any atom is -0.342 e. The Balaban J connectivity index is 0.00000176. The first-order valence-corrected chi connectivity index (χ1v) is 8.43. The van der Waals surface area contributed by atoms with Gasteiger partial charge in [-0.15, -0.1) is 12.4 Å². The number of rotatable bonds is 3. The van der Waals surface area contributed by atoms with E-state index < -0.39 is 0 Å². The number of halogens is 1. The molecule has 1 atom stereocenters. The van der Waals surface area contributed by atoms with E-state index in [0.717, 1.165) is 38.8 Å². The van der Waals surface area contributed by atoms with Gasteiger partial charge in [-0.25, -0.2) is 0 Å². The Kier molecular flexibility index (Phi) is 6.09. The molecule has 3 aliphatic rings. The van der Waals surface area contributed by atoms with E-state index in [2.05, 4.69) is 5.32 Å². The molecular formula is C16H28ClN3O2. The van der Waals surface area contributed by atoms with Gasteiger partial charge in [-0.1, -0.05) is 12.8 Å². The fourth-order valence-electron chi connectivity index (χ4n) is 4.13. The van der Waals surface area contributed by atoms with Crippen LogP contribution < -0.4 is 5.32 Å². The second-order valence-corrected chi connectivity index (χ2v) is 6.82. The van der Waals surface area contributed by atoms with Crippen molar-refractivity contribution < 1.29 is 9.59 Å². The Labute approximate surface area is 139 Å². The number of carbonyl (C=O) groups is 2. The topological polar surface area (TPSA) is 52.7 Å². The zero-order chi connectivity index (χ0) is 14.8. The average Bonchev–Trinajstić information content (AvgIpc) is 3.15. The molecule has 0 spiro atoms. The molecule has 1 unspecified atom stereocenters. The number of carbonyl (C=O) groups excluding carboxylic acids is 2. The van der Waals surface area contributed by atoms with Gasteiger partial charge in [0.2, 0.25) is 11.8 Å². The summed E-state index contributed by atoms with van der Waals surface area (Å²) in [6, 6.07) is 0.744. The number of hydrogen-bond acceptors (Lipinski definition) is 3. The molecule has 1 N–H and O–H groups in total. The van der Waals surface area contributed by atoms with Crippen molar-refractivity contribution in [3.63, 3.8) is 0 Å². The second-order valence-electron chi connectivity index (χ2n) is 6.82. The van der Waals surface area contributed by atoms with E-state index >= 15 is 0 Å². The summed E-state index contributed by atoms with van der Waals surface area (Å²) in [7, 11) is 1.92. The standard InChI is InChI=1S/C16H27N3O2.ClH/c1-18(13-6-8-17-9-7-13)16(21)12-10-15(20)19(11-12)14-4-2-3-5-14;/h12-14,17H,2-11H2,1H3;1H. The molecule has 6 heteroatoms. The molecule has 3 rings (SSSR count). The van der Waals surface area contributed by atoms with E-state index in [1.165, 1.54) is 12.8 Å². The zero-order valence-electron chi connectivity index (χ0n) is 13.4. The highest BCUT2D eigenvalue weighted by atomic mass is 35.5.